The molecule has 27 heavy (non-hydrogen) atoms. The molecular weight excluding hydrogens is 342 g/mol. The Labute approximate surface area is 159 Å². The number of carbonyl (C=O) groups is 1. The smallest absolute Gasteiger partial charge is 0.248 e. The van der Waals surface area contributed by atoms with Crippen LogP contribution in [0.3, 0.4) is 0 Å². The topological polar surface area (TPSA) is 88.7 Å². The number of hydrogen-bond donors (Lipinski definition) is 2. The van der Waals surface area contributed by atoms with Crippen LogP contribution in [0.5, 0.6) is 11.6 Å². The number of hydrogen-bond acceptors (Lipinski definition) is 5. The van der Waals surface area contributed by atoms with Crippen molar-refractivity contribution in [3.8, 4) is 11.6 Å². The highest BCUT2D eigenvalue weighted by molar-refractivity contribution is 5.92. The number of rotatable bonds is 4. The number of piperidine rings is 1. The third-order valence-corrected chi connectivity index (χ3v) is 6.40. The number of aromatic nitrogens is 1. The number of pyridine rings is 1. The lowest BCUT2D eigenvalue weighted by Gasteiger charge is -2.54. The molecule has 0 saturated carbocycles. The molecule has 1 aromatic heterocycles. The molecule has 2 heterocycles. The number of ether oxygens (including phenoxy) is 1. The van der Waals surface area contributed by atoms with E-state index < -0.39 is 5.91 Å². The third-order valence-electron chi connectivity index (χ3n) is 6.40. The Morgan fingerprint density at radius 3 is 3.00 bits per heavy atom. The summed E-state index contributed by atoms with van der Waals surface area (Å²) in [6, 6.07) is 9.26. The predicted molar refractivity (Wildman–Crippen MR) is 102 cm³/mol. The van der Waals surface area contributed by atoms with Crippen LogP contribution in [0.1, 0.15) is 34.8 Å². The molecule has 1 saturated heterocycles. The molecule has 0 spiro atoms. The van der Waals surface area contributed by atoms with Gasteiger partial charge in [0.15, 0.2) is 0 Å². The second kappa shape index (κ2) is 6.53. The van der Waals surface area contributed by atoms with E-state index in [0.29, 0.717) is 29.8 Å². The highest BCUT2D eigenvalue weighted by Gasteiger charge is 2.50. The summed E-state index contributed by atoms with van der Waals surface area (Å²) in [5.41, 5.74) is 8.19. The maximum absolute atomic E-state index is 11.4. The quantitative estimate of drug-likeness (QED) is 0.864. The number of amides is 1. The van der Waals surface area contributed by atoms with E-state index in [1.165, 1.54) is 17.3 Å². The lowest BCUT2D eigenvalue weighted by Crippen LogP contribution is -2.59. The summed E-state index contributed by atoms with van der Waals surface area (Å²) in [5, 5.41) is 10.0. The number of nitrogens with two attached hydrogens (primary N) is 1. The van der Waals surface area contributed by atoms with Crippen LogP contribution in [0, 0.1) is 5.92 Å². The van der Waals surface area contributed by atoms with Gasteiger partial charge in [0.25, 0.3) is 0 Å². The van der Waals surface area contributed by atoms with Gasteiger partial charge in [-0.25, -0.2) is 4.98 Å². The molecule has 2 aliphatic rings. The van der Waals surface area contributed by atoms with E-state index in [1.807, 2.05) is 12.1 Å². The zero-order chi connectivity index (χ0) is 19.2. The lowest BCUT2D eigenvalue weighted by atomic mass is 9.58. The zero-order valence-electron chi connectivity index (χ0n) is 15.7. The highest BCUT2D eigenvalue weighted by Crippen LogP contribution is 2.49. The zero-order valence-corrected chi connectivity index (χ0v) is 15.7. The van der Waals surface area contributed by atoms with Gasteiger partial charge < -0.3 is 20.5 Å². The van der Waals surface area contributed by atoms with Gasteiger partial charge in [0.1, 0.15) is 5.75 Å². The fourth-order valence-corrected chi connectivity index (χ4v) is 4.74. The summed E-state index contributed by atoms with van der Waals surface area (Å²) >= 11 is 0. The first-order chi connectivity index (χ1) is 12.9. The number of likely N-dealkylation sites (N-methyl/N-ethyl adjacent to an activating group) is 1. The molecule has 0 radical (unpaired) electrons. The second-order valence-corrected chi connectivity index (χ2v) is 7.93. The maximum atomic E-state index is 11.4. The van der Waals surface area contributed by atoms with Crippen LogP contribution in [0.2, 0.25) is 0 Å². The number of nitrogens with zero attached hydrogens (tertiary/aromatic N) is 2. The van der Waals surface area contributed by atoms with E-state index >= 15 is 0 Å². The Balaban J connectivity index is 1.64. The van der Waals surface area contributed by atoms with Crippen LogP contribution in [0.25, 0.3) is 0 Å². The molecule has 142 valence electrons. The van der Waals surface area contributed by atoms with Crippen LogP contribution >= 0.6 is 0 Å². The van der Waals surface area contributed by atoms with Gasteiger partial charge in [-0.1, -0.05) is 13.0 Å². The van der Waals surface area contributed by atoms with Gasteiger partial charge in [-0.15, -0.1) is 0 Å². The molecule has 4 rings (SSSR count). The van der Waals surface area contributed by atoms with Crippen molar-refractivity contribution in [2.24, 2.45) is 11.7 Å². The Morgan fingerprint density at radius 1 is 1.41 bits per heavy atom. The third kappa shape index (κ3) is 3.04. The minimum absolute atomic E-state index is 0.0786. The van der Waals surface area contributed by atoms with Crippen molar-refractivity contribution >= 4 is 5.91 Å². The van der Waals surface area contributed by atoms with Gasteiger partial charge in [-0.3, -0.25) is 4.79 Å². The standard InChI is InChI=1S/C21H25N3O3/c1-21-6-8-24(2)18(9-13-3-4-15(25)11-16(13)21)17(21)12-27-19-10-14(20(22)26)5-7-23-19/h3-5,7,10-11,17-18,25H,6,8-9,12H2,1-2H3,(H2,22,26). The molecule has 3 atom stereocenters. The Hall–Kier alpha value is -2.60. The first kappa shape index (κ1) is 17.8. The monoisotopic (exact) mass is 367 g/mol. The summed E-state index contributed by atoms with van der Waals surface area (Å²) in [6.07, 6.45) is 3.47. The van der Waals surface area contributed by atoms with Crippen LogP contribution in [0.4, 0.5) is 0 Å². The van der Waals surface area contributed by atoms with Gasteiger partial charge in [-0.05, 0) is 55.8 Å². The van der Waals surface area contributed by atoms with Gasteiger partial charge in [0.2, 0.25) is 11.8 Å². The maximum Gasteiger partial charge on any atom is 0.248 e. The van der Waals surface area contributed by atoms with Crippen LogP contribution in [-0.4, -0.2) is 47.1 Å². The SMILES string of the molecule is CN1CCC2(C)c3cc(O)ccc3CC1C2COc1cc(C(N)=O)ccn1. The van der Waals surface area contributed by atoms with Crippen molar-refractivity contribution < 1.29 is 14.6 Å². The van der Waals surface area contributed by atoms with Crippen LogP contribution < -0.4 is 10.5 Å². The number of phenols is 1. The molecule has 1 aliphatic carbocycles. The molecule has 1 fully saturated rings. The summed E-state index contributed by atoms with van der Waals surface area (Å²) in [4.78, 5) is 18.0. The predicted octanol–water partition coefficient (Wildman–Crippen LogP) is 2.10. The van der Waals surface area contributed by atoms with E-state index in [2.05, 4.69) is 23.9 Å². The van der Waals surface area contributed by atoms with Crippen molar-refractivity contribution in [1.29, 1.82) is 0 Å². The van der Waals surface area contributed by atoms with E-state index in [1.54, 1.807) is 18.2 Å². The Morgan fingerprint density at radius 2 is 2.22 bits per heavy atom. The number of phenolic OH excluding ortho intramolecular Hbond substituents is 1. The largest absolute Gasteiger partial charge is 0.508 e. The Kier molecular flexibility index (Phi) is 4.30. The molecule has 2 bridgehead atoms. The average molecular weight is 367 g/mol. The first-order valence-corrected chi connectivity index (χ1v) is 9.30. The van der Waals surface area contributed by atoms with Crippen molar-refractivity contribution in [2.75, 3.05) is 20.2 Å². The van der Waals surface area contributed by atoms with E-state index in [4.69, 9.17) is 10.5 Å². The van der Waals surface area contributed by atoms with Gasteiger partial charge in [0.05, 0.1) is 6.61 Å². The van der Waals surface area contributed by atoms with E-state index in [0.717, 1.165) is 19.4 Å². The van der Waals surface area contributed by atoms with E-state index in [9.17, 15) is 9.90 Å². The first-order valence-electron chi connectivity index (χ1n) is 9.30. The second-order valence-electron chi connectivity index (χ2n) is 7.93. The number of likely N-dealkylation sites (tertiary alicyclic amines) is 1. The Bertz CT molecular complexity index is 885. The fraction of sp³-hybridized carbons (Fsp3) is 0.429. The lowest BCUT2D eigenvalue weighted by molar-refractivity contribution is 0.0109. The fourth-order valence-electron chi connectivity index (χ4n) is 4.74. The van der Waals surface area contributed by atoms with Crippen LogP contribution in [-0.2, 0) is 11.8 Å². The molecule has 3 N–H and O–H groups in total. The molecule has 1 aromatic carbocycles. The van der Waals surface area contributed by atoms with Crippen molar-refractivity contribution in [3.63, 3.8) is 0 Å². The normalized spacial score (nSPS) is 27.0. The molecule has 2 aromatic rings. The summed E-state index contributed by atoms with van der Waals surface area (Å²) in [6.45, 7) is 3.78. The minimum Gasteiger partial charge on any atom is -0.508 e. The average Bonchev–Trinajstić information content (AvgIpc) is 2.65. The summed E-state index contributed by atoms with van der Waals surface area (Å²) < 4.78 is 6.02. The van der Waals surface area contributed by atoms with Gasteiger partial charge in [-0.2, -0.15) is 0 Å². The number of fused-ring (bicyclic) bond motifs is 4. The number of benzene rings is 1. The van der Waals surface area contributed by atoms with Gasteiger partial charge >= 0.3 is 0 Å². The minimum atomic E-state index is -0.493. The van der Waals surface area contributed by atoms with E-state index in [-0.39, 0.29) is 11.3 Å². The molecular formula is C21H25N3O3. The molecule has 6 nitrogen and oxygen atoms in total. The number of carbonyl (C=O) groups excluding carboxylic acids is 1. The van der Waals surface area contributed by atoms with Crippen molar-refractivity contribution in [2.45, 2.75) is 31.2 Å². The van der Waals surface area contributed by atoms with Gasteiger partial charge in [0, 0.05) is 35.2 Å². The molecule has 1 amide bonds. The van der Waals surface area contributed by atoms with Crippen molar-refractivity contribution in [1.82, 2.24) is 9.88 Å². The molecule has 1 aliphatic heterocycles. The number of primary amides is 1. The highest BCUT2D eigenvalue weighted by atomic mass is 16.5. The molecule has 3 unspecified atom stereocenters. The summed E-state index contributed by atoms with van der Waals surface area (Å²) in [7, 11) is 2.16. The van der Waals surface area contributed by atoms with Crippen LogP contribution in [0.15, 0.2) is 36.5 Å². The molecule has 6 heteroatoms. The summed E-state index contributed by atoms with van der Waals surface area (Å²) in [5.74, 6) is 0.484. The number of aromatic hydroxyl groups is 1. The van der Waals surface area contributed by atoms with Crippen molar-refractivity contribution in [3.05, 3.63) is 53.2 Å².